The van der Waals surface area contributed by atoms with Gasteiger partial charge in [0.25, 0.3) is 11.8 Å². The number of methoxy groups -OCH3 is 2. The molecule has 47 heavy (non-hydrogen) atoms. The maximum atomic E-state index is 13.7. The van der Waals surface area contributed by atoms with E-state index in [1.807, 2.05) is 30.3 Å². The number of rotatable bonds is 12. The molecular weight excluding hydrogens is 638 g/mol. The first-order valence-electron chi connectivity index (χ1n) is 14.3. The molecule has 3 N–H and O–H groups in total. The number of ether oxygens (including phenoxy) is 2. The van der Waals surface area contributed by atoms with Crippen LogP contribution < -0.4 is 25.4 Å². The van der Waals surface area contributed by atoms with E-state index in [9.17, 15) is 14.4 Å². The van der Waals surface area contributed by atoms with Crippen molar-refractivity contribution in [3.8, 4) is 11.5 Å². The van der Waals surface area contributed by atoms with Gasteiger partial charge < -0.3 is 29.8 Å². The van der Waals surface area contributed by atoms with Crippen LogP contribution in [0.15, 0.2) is 130 Å². The van der Waals surface area contributed by atoms with Crippen LogP contribution in [0.5, 0.6) is 11.5 Å². The van der Waals surface area contributed by atoms with E-state index in [0.717, 1.165) is 10.5 Å². The smallest absolute Gasteiger partial charge is 0.272 e. The number of carbonyl (C=O) groups excluding carboxylic acids is 3. The zero-order valence-corrected chi connectivity index (χ0v) is 26.9. The molecule has 0 aliphatic heterocycles. The molecule has 9 nitrogen and oxygen atoms in total. The molecule has 3 amide bonds. The van der Waals surface area contributed by atoms with Crippen molar-refractivity contribution in [3.05, 3.63) is 143 Å². The molecule has 0 radical (unpaired) electrons. The highest BCUT2D eigenvalue weighted by molar-refractivity contribution is 8.00. The number of halogens is 1. The summed E-state index contributed by atoms with van der Waals surface area (Å²) in [5, 5.41) is 8.12. The van der Waals surface area contributed by atoms with Crippen LogP contribution in [0.3, 0.4) is 0 Å². The van der Waals surface area contributed by atoms with E-state index in [1.165, 1.54) is 38.3 Å². The number of thioether (sulfide) groups is 1. The van der Waals surface area contributed by atoms with Gasteiger partial charge >= 0.3 is 0 Å². The summed E-state index contributed by atoms with van der Waals surface area (Å²) in [4.78, 5) is 40.6. The number of nitrogens with one attached hydrogen (secondary N) is 3. The van der Waals surface area contributed by atoms with Gasteiger partial charge in [-0.05, 0) is 60.2 Å². The van der Waals surface area contributed by atoms with Crippen molar-refractivity contribution in [1.29, 1.82) is 0 Å². The standard InChI is InChI=1S/C36H30ClN3O6S/c1-44-31-22-32(45-2)29(21-28(31)37)39-36(43)33(23-10-5-3-6-11-23)47-27-17-15-25(16-18-27)38-35(42)30(20-26-14-9-19-46-26)40-34(41)24-12-7-4-8-13-24/h3-22,33H,1-2H3,(H,38,42)(H,39,43)(H,40,41)/b30-20-. The van der Waals surface area contributed by atoms with E-state index in [-0.39, 0.29) is 11.6 Å². The van der Waals surface area contributed by atoms with Crippen LogP contribution in [0.4, 0.5) is 11.4 Å². The highest BCUT2D eigenvalue weighted by atomic mass is 35.5. The van der Waals surface area contributed by atoms with Crippen molar-refractivity contribution < 1.29 is 28.3 Å². The van der Waals surface area contributed by atoms with Crippen molar-refractivity contribution in [1.82, 2.24) is 5.32 Å². The van der Waals surface area contributed by atoms with Crippen LogP contribution in [0.2, 0.25) is 5.02 Å². The second-order valence-electron chi connectivity index (χ2n) is 9.96. The van der Waals surface area contributed by atoms with Gasteiger partial charge in [-0.1, -0.05) is 60.1 Å². The fourth-order valence-corrected chi connectivity index (χ4v) is 5.73. The van der Waals surface area contributed by atoms with Crippen molar-refractivity contribution in [3.63, 3.8) is 0 Å². The summed E-state index contributed by atoms with van der Waals surface area (Å²) in [7, 11) is 2.99. The van der Waals surface area contributed by atoms with Crippen LogP contribution >= 0.6 is 23.4 Å². The highest BCUT2D eigenvalue weighted by Crippen LogP contribution is 2.40. The normalized spacial score (nSPS) is 11.7. The first kappa shape index (κ1) is 32.9. The van der Waals surface area contributed by atoms with Crippen molar-refractivity contribution >= 4 is 58.5 Å². The van der Waals surface area contributed by atoms with Gasteiger partial charge in [-0.3, -0.25) is 14.4 Å². The molecule has 0 saturated carbocycles. The third-order valence-electron chi connectivity index (χ3n) is 6.80. The minimum Gasteiger partial charge on any atom is -0.495 e. The highest BCUT2D eigenvalue weighted by Gasteiger charge is 2.24. The lowest BCUT2D eigenvalue weighted by Crippen LogP contribution is -2.30. The molecule has 238 valence electrons. The number of hydrogen-bond donors (Lipinski definition) is 3. The fourth-order valence-electron chi connectivity index (χ4n) is 4.47. The average molecular weight is 668 g/mol. The van der Waals surface area contributed by atoms with Gasteiger partial charge in [-0.25, -0.2) is 0 Å². The Labute approximate surface area is 280 Å². The largest absolute Gasteiger partial charge is 0.495 e. The van der Waals surface area contributed by atoms with Gasteiger partial charge in [-0.2, -0.15) is 0 Å². The molecule has 0 aliphatic rings. The molecule has 1 aromatic heterocycles. The molecular formula is C36H30ClN3O6S. The third kappa shape index (κ3) is 8.63. The second kappa shape index (κ2) is 15.7. The topological polar surface area (TPSA) is 119 Å². The lowest BCUT2D eigenvalue weighted by Gasteiger charge is -2.19. The van der Waals surface area contributed by atoms with Crippen LogP contribution in [0.1, 0.15) is 26.9 Å². The summed E-state index contributed by atoms with van der Waals surface area (Å²) in [6.45, 7) is 0. The number of furan rings is 1. The second-order valence-corrected chi connectivity index (χ2v) is 11.5. The van der Waals surface area contributed by atoms with Gasteiger partial charge in [0.05, 0.1) is 31.2 Å². The number of carbonyl (C=O) groups is 3. The Balaban J connectivity index is 1.32. The summed E-state index contributed by atoms with van der Waals surface area (Å²) in [6.07, 6.45) is 2.93. The molecule has 0 aliphatic carbocycles. The first-order chi connectivity index (χ1) is 22.8. The third-order valence-corrected chi connectivity index (χ3v) is 8.36. The summed E-state index contributed by atoms with van der Waals surface area (Å²) in [5.41, 5.74) is 2.07. The molecule has 0 bridgehead atoms. The number of benzene rings is 4. The summed E-state index contributed by atoms with van der Waals surface area (Å²) in [5.74, 6) is -0.0541. The predicted molar refractivity (Wildman–Crippen MR) is 184 cm³/mol. The van der Waals surface area contributed by atoms with Gasteiger partial charge in [0, 0.05) is 28.3 Å². The first-order valence-corrected chi connectivity index (χ1v) is 15.6. The SMILES string of the molecule is COc1cc(OC)c(NC(=O)C(Sc2ccc(NC(=O)/C(=C/c3ccco3)NC(=O)c3ccccc3)cc2)c2ccccc2)cc1Cl. The van der Waals surface area contributed by atoms with E-state index in [1.54, 1.807) is 78.9 Å². The molecule has 5 rings (SSSR count). The summed E-state index contributed by atoms with van der Waals surface area (Å²) in [6, 6.07) is 31.5. The zero-order valence-electron chi connectivity index (χ0n) is 25.4. The molecule has 0 spiro atoms. The van der Waals surface area contributed by atoms with E-state index in [2.05, 4.69) is 16.0 Å². The van der Waals surface area contributed by atoms with E-state index in [0.29, 0.717) is 39.2 Å². The number of amides is 3. The Morgan fingerprint density at radius 3 is 2.13 bits per heavy atom. The monoisotopic (exact) mass is 667 g/mol. The minimum atomic E-state index is -0.641. The van der Waals surface area contributed by atoms with E-state index < -0.39 is 17.1 Å². The molecule has 0 fully saturated rings. The van der Waals surface area contributed by atoms with Crippen LogP contribution in [-0.4, -0.2) is 31.9 Å². The summed E-state index contributed by atoms with van der Waals surface area (Å²) < 4.78 is 16.1. The van der Waals surface area contributed by atoms with E-state index in [4.69, 9.17) is 25.5 Å². The van der Waals surface area contributed by atoms with Gasteiger partial charge in [-0.15, -0.1) is 11.8 Å². The van der Waals surface area contributed by atoms with Gasteiger partial charge in [0.15, 0.2) is 0 Å². The average Bonchev–Trinajstić information content (AvgIpc) is 3.61. The van der Waals surface area contributed by atoms with Crippen molar-refractivity contribution in [2.75, 3.05) is 24.9 Å². The van der Waals surface area contributed by atoms with Gasteiger partial charge in [0.1, 0.15) is 28.2 Å². The molecule has 11 heteroatoms. The molecule has 1 atom stereocenters. The Kier molecular flexibility index (Phi) is 11.0. The number of anilines is 2. The van der Waals surface area contributed by atoms with Crippen LogP contribution in [-0.2, 0) is 9.59 Å². The van der Waals surface area contributed by atoms with Crippen LogP contribution in [0.25, 0.3) is 6.08 Å². The lowest BCUT2D eigenvalue weighted by atomic mass is 10.1. The Bertz CT molecular complexity index is 1860. The Hall–Kier alpha value is -5.45. The Morgan fingerprint density at radius 1 is 0.809 bits per heavy atom. The quantitative estimate of drug-likeness (QED) is 0.0916. The zero-order chi connectivity index (χ0) is 33.2. The molecule has 4 aromatic carbocycles. The molecule has 5 aromatic rings. The maximum Gasteiger partial charge on any atom is 0.272 e. The molecule has 1 unspecified atom stereocenters. The van der Waals surface area contributed by atoms with Gasteiger partial charge in [0.2, 0.25) is 5.91 Å². The van der Waals surface area contributed by atoms with Crippen molar-refractivity contribution in [2.24, 2.45) is 0 Å². The van der Waals surface area contributed by atoms with Crippen molar-refractivity contribution in [2.45, 2.75) is 10.1 Å². The fraction of sp³-hybridized carbons (Fsp3) is 0.0833. The lowest BCUT2D eigenvalue weighted by molar-refractivity contribution is -0.116. The predicted octanol–water partition coefficient (Wildman–Crippen LogP) is 7.83. The summed E-state index contributed by atoms with van der Waals surface area (Å²) >= 11 is 7.66. The Morgan fingerprint density at radius 2 is 1.49 bits per heavy atom. The maximum absolute atomic E-state index is 13.7. The van der Waals surface area contributed by atoms with E-state index >= 15 is 0 Å². The molecule has 0 saturated heterocycles. The molecule has 1 heterocycles. The minimum absolute atomic E-state index is 0.00197. The van der Waals surface area contributed by atoms with Crippen LogP contribution in [0, 0.1) is 0 Å². The number of hydrogen-bond acceptors (Lipinski definition) is 7.